The third kappa shape index (κ3) is 5.22. The third-order valence-corrected chi connectivity index (χ3v) is 4.35. The van der Waals surface area contributed by atoms with Crippen molar-refractivity contribution >= 4 is 29.9 Å². The van der Waals surface area contributed by atoms with Gasteiger partial charge in [-0.25, -0.2) is 4.99 Å². The van der Waals surface area contributed by atoms with Gasteiger partial charge in [0.1, 0.15) is 0 Å². The molecule has 0 amide bonds. The normalized spacial score (nSPS) is 15.7. The van der Waals surface area contributed by atoms with Gasteiger partial charge in [0.15, 0.2) is 5.96 Å². The van der Waals surface area contributed by atoms with Crippen LogP contribution in [0.1, 0.15) is 36.8 Å². The Morgan fingerprint density at radius 3 is 2.42 bits per heavy atom. The average Bonchev–Trinajstić information content (AvgIpc) is 2.93. The topological polar surface area (TPSA) is 59.4 Å². The molecule has 1 aromatic heterocycles. The fourth-order valence-electron chi connectivity index (χ4n) is 3.00. The first-order valence-corrected chi connectivity index (χ1v) is 8.42. The maximum Gasteiger partial charge on any atom is 0.191 e. The first-order valence-electron chi connectivity index (χ1n) is 8.42. The van der Waals surface area contributed by atoms with E-state index in [0.717, 1.165) is 19.6 Å². The molecule has 1 aliphatic heterocycles. The predicted molar refractivity (Wildman–Crippen MR) is 109 cm³/mol. The van der Waals surface area contributed by atoms with Crippen LogP contribution in [0.4, 0.5) is 0 Å². The lowest BCUT2D eigenvalue weighted by Crippen LogP contribution is -2.38. The molecule has 0 spiro atoms. The molecule has 0 bridgehead atoms. The van der Waals surface area contributed by atoms with Crippen molar-refractivity contribution in [3.05, 3.63) is 53.9 Å². The summed E-state index contributed by atoms with van der Waals surface area (Å²) in [6, 6.07) is 10.3. The summed E-state index contributed by atoms with van der Waals surface area (Å²) in [5.74, 6) is 0.681. The molecule has 1 fully saturated rings. The van der Waals surface area contributed by atoms with E-state index in [1.165, 1.54) is 36.8 Å². The molecule has 5 nitrogen and oxygen atoms in total. The predicted octanol–water partition coefficient (Wildman–Crippen LogP) is 3.24. The van der Waals surface area contributed by atoms with Crippen molar-refractivity contribution in [2.45, 2.75) is 38.8 Å². The fourth-order valence-corrected chi connectivity index (χ4v) is 3.00. The molecule has 0 saturated carbocycles. The SMILES string of the molecule is I.NC(=NCc1ccccc1Cn1cccn1)N1CCCCCC1. The molecule has 0 unspecified atom stereocenters. The van der Waals surface area contributed by atoms with Crippen molar-refractivity contribution in [3.8, 4) is 0 Å². The second kappa shape index (κ2) is 9.66. The Balaban J connectivity index is 0.00000208. The van der Waals surface area contributed by atoms with Gasteiger partial charge in [0.05, 0.1) is 13.1 Å². The van der Waals surface area contributed by atoms with Crippen LogP contribution in [0.5, 0.6) is 0 Å². The van der Waals surface area contributed by atoms with Gasteiger partial charge in [0, 0.05) is 25.5 Å². The minimum absolute atomic E-state index is 0. The monoisotopic (exact) mass is 439 g/mol. The van der Waals surface area contributed by atoms with Crippen molar-refractivity contribution < 1.29 is 0 Å². The first kappa shape index (κ1) is 18.8. The molecule has 2 aromatic rings. The minimum Gasteiger partial charge on any atom is -0.370 e. The number of hydrogen-bond acceptors (Lipinski definition) is 2. The molecule has 3 rings (SSSR count). The second-order valence-corrected chi connectivity index (χ2v) is 6.05. The standard InChI is InChI=1S/C18H25N5.HI/c19-18(22-11-5-1-2-6-12-22)20-14-16-8-3-4-9-17(16)15-23-13-7-10-21-23;/h3-4,7-10,13H,1-2,5-6,11-12,14-15H2,(H2,19,20);1H. The number of guanidine groups is 1. The Morgan fingerprint density at radius 1 is 1.04 bits per heavy atom. The lowest BCUT2D eigenvalue weighted by Gasteiger charge is -2.21. The summed E-state index contributed by atoms with van der Waals surface area (Å²) >= 11 is 0. The van der Waals surface area contributed by atoms with Crippen molar-refractivity contribution in [2.75, 3.05) is 13.1 Å². The number of halogens is 1. The highest BCUT2D eigenvalue weighted by molar-refractivity contribution is 14.0. The summed E-state index contributed by atoms with van der Waals surface area (Å²) in [6.07, 6.45) is 8.81. The van der Waals surface area contributed by atoms with Crippen LogP contribution in [0, 0.1) is 0 Å². The largest absolute Gasteiger partial charge is 0.370 e. The molecule has 2 heterocycles. The number of nitrogens with zero attached hydrogens (tertiary/aromatic N) is 4. The van der Waals surface area contributed by atoms with Crippen LogP contribution in [-0.2, 0) is 13.1 Å². The van der Waals surface area contributed by atoms with E-state index >= 15 is 0 Å². The molecule has 130 valence electrons. The zero-order chi connectivity index (χ0) is 15.9. The number of hydrogen-bond donors (Lipinski definition) is 1. The van der Waals surface area contributed by atoms with Crippen LogP contribution in [-0.4, -0.2) is 33.7 Å². The Kier molecular flexibility index (Phi) is 7.55. The average molecular weight is 439 g/mol. The van der Waals surface area contributed by atoms with Gasteiger partial charge >= 0.3 is 0 Å². The number of likely N-dealkylation sites (tertiary alicyclic amines) is 1. The van der Waals surface area contributed by atoms with Gasteiger partial charge < -0.3 is 10.6 Å². The Labute approximate surface area is 161 Å². The quantitative estimate of drug-likeness (QED) is 0.452. The number of aliphatic imine (C=N–C) groups is 1. The van der Waals surface area contributed by atoms with Gasteiger partial charge in [-0.3, -0.25) is 4.68 Å². The van der Waals surface area contributed by atoms with E-state index in [-0.39, 0.29) is 24.0 Å². The third-order valence-electron chi connectivity index (χ3n) is 4.35. The Hall–Kier alpha value is -1.57. The molecular weight excluding hydrogens is 413 g/mol. The van der Waals surface area contributed by atoms with Crippen molar-refractivity contribution in [1.29, 1.82) is 0 Å². The van der Waals surface area contributed by atoms with Crippen molar-refractivity contribution in [2.24, 2.45) is 10.7 Å². The minimum atomic E-state index is 0. The summed E-state index contributed by atoms with van der Waals surface area (Å²) in [5.41, 5.74) is 8.66. The van der Waals surface area contributed by atoms with Gasteiger partial charge in [-0.05, 0) is 30.0 Å². The second-order valence-electron chi connectivity index (χ2n) is 6.05. The molecule has 2 N–H and O–H groups in total. The highest BCUT2D eigenvalue weighted by atomic mass is 127. The van der Waals surface area contributed by atoms with Gasteiger partial charge in [-0.15, -0.1) is 24.0 Å². The van der Waals surface area contributed by atoms with E-state index in [1.807, 2.05) is 16.9 Å². The summed E-state index contributed by atoms with van der Waals surface area (Å²) in [7, 11) is 0. The molecule has 1 saturated heterocycles. The molecular formula is C18H26IN5. The first-order chi connectivity index (χ1) is 11.3. The van der Waals surface area contributed by atoms with Crippen molar-refractivity contribution in [1.82, 2.24) is 14.7 Å². The molecule has 0 aliphatic carbocycles. The zero-order valence-electron chi connectivity index (χ0n) is 14.0. The summed E-state index contributed by atoms with van der Waals surface area (Å²) < 4.78 is 1.93. The van der Waals surface area contributed by atoms with Gasteiger partial charge in [-0.1, -0.05) is 37.1 Å². The fraction of sp³-hybridized carbons (Fsp3) is 0.444. The molecule has 0 radical (unpaired) electrons. The maximum absolute atomic E-state index is 6.21. The lowest BCUT2D eigenvalue weighted by atomic mass is 10.1. The van der Waals surface area contributed by atoms with E-state index in [9.17, 15) is 0 Å². The number of rotatable bonds is 4. The summed E-state index contributed by atoms with van der Waals surface area (Å²) in [5, 5.41) is 4.28. The highest BCUT2D eigenvalue weighted by Crippen LogP contribution is 2.13. The van der Waals surface area contributed by atoms with Crippen LogP contribution in [0.3, 0.4) is 0 Å². The molecule has 1 aliphatic rings. The van der Waals surface area contributed by atoms with E-state index in [0.29, 0.717) is 12.5 Å². The van der Waals surface area contributed by atoms with Gasteiger partial charge in [0.25, 0.3) is 0 Å². The molecule has 6 heteroatoms. The number of benzene rings is 1. The molecule has 0 atom stereocenters. The van der Waals surface area contributed by atoms with E-state index in [4.69, 9.17) is 5.73 Å². The Bertz CT molecular complexity index is 631. The smallest absolute Gasteiger partial charge is 0.191 e. The van der Waals surface area contributed by atoms with Gasteiger partial charge in [0.2, 0.25) is 0 Å². The van der Waals surface area contributed by atoms with Crippen LogP contribution >= 0.6 is 24.0 Å². The van der Waals surface area contributed by atoms with E-state index < -0.39 is 0 Å². The van der Waals surface area contributed by atoms with Crippen LogP contribution in [0.15, 0.2) is 47.7 Å². The number of nitrogens with two attached hydrogens (primary N) is 1. The zero-order valence-corrected chi connectivity index (χ0v) is 16.3. The van der Waals surface area contributed by atoms with Crippen LogP contribution < -0.4 is 5.73 Å². The van der Waals surface area contributed by atoms with Crippen LogP contribution in [0.25, 0.3) is 0 Å². The van der Waals surface area contributed by atoms with E-state index in [1.54, 1.807) is 6.20 Å². The highest BCUT2D eigenvalue weighted by Gasteiger charge is 2.11. The molecule has 1 aromatic carbocycles. The van der Waals surface area contributed by atoms with E-state index in [2.05, 4.69) is 39.3 Å². The number of aromatic nitrogens is 2. The van der Waals surface area contributed by atoms with Crippen molar-refractivity contribution in [3.63, 3.8) is 0 Å². The lowest BCUT2D eigenvalue weighted by molar-refractivity contribution is 0.428. The Morgan fingerprint density at radius 2 is 1.75 bits per heavy atom. The molecule has 24 heavy (non-hydrogen) atoms. The van der Waals surface area contributed by atoms with Crippen LogP contribution in [0.2, 0.25) is 0 Å². The maximum atomic E-state index is 6.21. The van der Waals surface area contributed by atoms with Gasteiger partial charge in [-0.2, -0.15) is 5.10 Å². The summed E-state index contributed by atoms with van der Waals surface area (Å²) in [4.78, 5) is 6.87. The summed E-state index contributed by atoms with van der Waals surface area (Å²) in [6.45, 7) is 3.45.